The van der Waals surface area contributed by atoms with Crippen molar-refractivity contribution in [3.8, 4) is 6.07 Å². The zero-order valence-electron chi connectivity index (χ0n) is 11.6. The van der Waals surface area contributed by atoms with Gasteiger partial charge in [-0.15, -0.1) is 11.8 Å². The van der Waals surface area contributed by atoms with E-state index in [1.165, 1.54) is 21.2 Å². The number of benzene rings is 3. The highest BCUT2D eigenvalue weighted by atomic mass is 32.2. The molecular weight excluding hydrogens is 274 g/mol. The second-order valence-electron chi connectivity index (χ2n) is 4.89. The monoisotopic (exact) mass is 289 g/mol. The molecular formula is C19H15NS. The molecule has 0 aliphatic rings. The van der Waals surface area contributed by atoms with E-state index in [2.05, 4.69) is 60.7 Å². The molecule has 0 aromatic heterocycles. The van der Waals surface area contributed by atoms with Crippen molar-refractivity contribution in [2.45, 2.75) is 16.6 Å². The Morgan fingerprint density at radius 3 is 2.33 bits per heavy atom. The van der Waals surface area contributed by atoms with Crippen molar-refractivity contribution in [3.63, 3.8) is 0 Å². The Morgan fingerprint density at radius 2 is 1.57 bits per heavy atom. The molecule has 0 amide bonds. The summed E-state index contributed by atoms with van der Waals surface area (Å²) in [6.45, 7) is 0. The van der Waals surface area contributed by atoms with E-state index in [9.17, 15) is 0 Å². The number of thioether (sulfide) groups is 1. The second-order valence-corrected chi connectivity index (χ2v) is 6.16. The topological polar surface area (TPSA) is 23.8 Å². The first-order valence-corrected chi connectivity index (χ1v) is 7.82. The van der Waals surface area contributed by atoms with Gasteiger partial charge in [0.25, 0.3) is 0 Å². The molecule has 2 heteroatoms. The quantitative estimate of drug-likeness (QED) is 0.585. The van der Waals surface area contributed by atoms with Gasteiger partial charge in [0.1, 0.15) is 0 Å². The molecule has 0 radical (unpaired) electrons. The van der Waals surface area contributed by atoms with Crippen molar-refractivity contribution in [1.29, 1.82) is 5.26 Å². The molecule has 0 spiro atoms. The van der Waals surface area contributed by atoms with E-state index in [4.69, 9.17) is 5.26 Å². The Labute approximate surface area is 129 Å². The third kappa shape index (κ3) is 3.26. The van der Waals surface area contributed by atoms with Gasteiger partial charge in [-0.3, -0.25) is 0 Å². The summed E-state index contributed by atoms with van der Waals surface area (Å²) in [7, 11) is 0. The summed E-state index contributed by atoms with van der Waals surface area (Å²) in [6, 6.07) is 27.4. The largest absolute Gasteiger partial charge is 0.198 e. The van der Waals surface area contributed by atoms with Crippen LogP contribution in [0.4, 0.5) is 0 Å². The Bertz CT molecular complexity index is 774. The van der Waals surface area contributed by atoms with Crippen LogP contribution in [-0.4, -0.2) is 0 Å². The van der Waals surface area contributed by atoms with E-state index >= 15 is 0 Å². The van der Waals surface area contributed by atoms with Crippen LogP contribution < -0.4 is 0 Å². The third-order valence-electron chi connectivity index (χ3n) is 3.45. The van der Waals surface area contributed by atoms with Crippen LogP contribution in [-0.2, 0) is 0 Å². The maximum absolute atomic E-state index is 9.08. The van der Waals surface area contributed by atoms with E-state index in [1.54, 1.807) is 11.8 Å². The lowest BCUT2D eigenvalue weighted by atomic mass is 10.1. The zero-order chi connectivity index (χ0) is 14.5. The third-order valence-corrected chi connectivity index (χ3v) is 4.70. The van der Waals surface area contributed by atoms with Gasteiger partial charge in [-0.1, -0.05) is 60.7 Å². The minimum Gasteiger partial charge on any atom is -0.198 e. The maximum Gasteiger partial charge on any atom is 0.0637 e. The van der Waals surface area contributed by atoms with Gasteiger partial charge in [-0.05, 0) is 28.5 Å². The summed E-state index contributed by atoms with van der Waals surface area (Å²) in [6.07, 6.45) is 0.515. The fraction of sp³-hybridized carbons (Fsp3) is 0.105. The summed E-state index contributed by atoms with van der Waals surface area (Å²) < 4.78 is 0. The normalized spacial score (nSPS) is 12.0. The van der Waals surface area contributed by atoms with Crippen LogP contribution in [0, 0.1) is 11.3 Å². The van der Waals surface area contributed by atoms with Gasteiger partial charge in [0.15, 0.2) is 0 Å². The van der Waals surface area contributed by atoms with E-state index in [0.717, 1.165) is 0 Å². The molecule has 0 aliphatic carbocycles. The molecule has 1 atom stereocenters. The smallest absolute Gasteiger partial charge is 0.0637 e. The van der Waals surface area contributed by atoms with E-state index in [-0.39, 0.29) is 5.25 Å². The fourth-order valence-corrected chi connectivity index (χ4v) is 3.50. The standard InChI is InChI=1S/C19H15NS/c20-13-12-19(16-7-2-1-3-8-16)21-18-11-10-15-6-4-5-9-17(15)14-18/h1-11,14,19H,12H2. The molecule has 1 nitrogen and oxygen atoms in total. The second kappa shape index (κ2) is 6.47. The van der Waals surface area contributed by atoms with E-state index in [1.807, 2.05) is 18.2 Å². The van der Waals surface area contributed by atoms with E-state index < -0.39 is 0 Å². The Kier molecular flexibility index (Phi) is 4.23. The van der Waals surface area contributed by atoms with Crippen LogP contribution in [0.15, 0.2) is 77.7 Å². The molecule has 0 heterocycles. The maximum atomic E-state index is 9.08. The van der Waals surface area contributed by atoms with Crippen molar-refractivity contribution >= 4 is 22.5 Å². The number of nitriles is 1. The van der Waals surface area contributed by atoms with Crippen LogP contribution in [0.3, 0.4) is 0 Å². The van der Waals surface area contributed by atoms with Gasteiger partial charge in [0, 0.05) is 10.1 Å². The molecule has 0 bridgehead atoms. The summed E-state index contributed by atoms with van der Waals surface area (Å²) in [5, 5.41) is 11.8. The van der Waals surface area contributed by atoms with Gasteiger partial charge >= 0.3 is 0 Å². The molecule has 3 rings (SSSR count). The predicted molar refractivity (Wildman–Crippen MR) is 89.2 cm³/mol. The number of nitrogens with zero attached hydrogens (tertiary/aromatic N) is 1. The van der Waals surface area contributed by atoms with Crippen molar-refractivity contribution in [2.24, 2.45) is 0 Å². The minimum absolute atomic E-state index is 0.178. The Morgan fingerprint density at radius 1 is 0.857 bits per heavy atom. The number of fused-ring (bicyclic) bond motifs is 1. The first-order chi connectivity index (χ1) is 10.4. The SMILES string of the molecule is N#CCC(Sc1ccc2ccccc2c1)c1ccccc1. The predicted octanol–water partition coefficient (Wildman–Crippen LogP) is 5.59. The molecule has 21 heavy (non-hydrogen) atoms. The molecule has 3 aromatic carbocycles. The molecule has 0 saturated carbocycles. The van der Waals surface area contributed by atoms with Crippen LogP contribution in [0.5, 0.6) is 0 Å². The molecule has 1 unspecified atom stereocenters. The van der Waals surface area contributed by atoms with E-state index in [0.29, 0.717) is 6.42 Å². The van der Waals surface area contributed by atoms with Crippen LogP contribution in [0.1, 0.15) is 17.2 Å². The fourth-order valence-electron chi connectivity index (χ4n) is 2.38. The molecule has 0 saturated heterocycles. The number of hydrogen-bond donors (Lipinski definition) is 0. The van der Waals surface area contributed by atoms with Crippen LogP contribution in [0.2, 0.25) is 0 Å². The zero-order valence-corrected chi connectivity index (χ0v) is 12.4. The highest BCUT2D eigenvalue weighted by molar-refractivity contribution is 7.99. The molecule has 0 N–H and O–H groups in total. The number of rotatable bonds is 4. The summed E-state index contributed by atoms with van der Waals surface area (Å²) in [5.41, 5.74) is 1.21. The Balaban J connectivity index is 1.89. The summed E-state index contributed by atoms with van der Waals surface area (Å²) in [5.74, 6) is 0. The van der Waals surface area contributed by atoms with Crippen molar-refractivity contribution in [2.75, 3.05) is 0 Å². The highest BCUT2D eigenvalue weighted by Crippen LogP contribution is 2.38. The van der Waals surface area contributed by atoms with Crippen LogP contribution in [0.25, 0.3) is 10.8 Å². The Hall–Kier alpha value is -2.24. The lowest BCUT2D eigenvalue weighted by molar-refractivity contribution is 0.978. The molecule has 0 fully saturated rings. The number of hydrogen-bond acceptors (Lipinski definition) is 2. The average molecular weight is 289 g/mol. The first kappa shape index (κ1) is 13.7. The average Bonchev–Trinajstić information content (AvgIpc) is 2.55. The lowest BCUT2D eigenvalue weighted by Crippen LogP contribution is -1.92. The van der Waals surface area contributed by atoms with Gasteiger partial charge < -0.3 is 0 Å². The molecule has 3 aromatic rings. The minimum atomic E-state index is 0.178. The molecule has 102 valence electrons. The molecule has 0 aliphatic heterocycles. The van der Waals surface area contributed by atoms with Crippen molar-refractivity contribution in [1.82, 2.24) is 0 Å². The lowest BCUT2D eigenvalue weighted by Gasteiger charge is -2.14. The van der Waals surface area contributed by atoms with Gasteiger partial charge in [0.2, 0.25) is 0 Å². The first-order valence-electron chi connectivity index (χ1n) is 6.94. The summed E-state index contributed by atoms with van der Waals surface area (Å²) in [4.78, 5) is 1.21. The van der Waals surface area contributed by atoms with Crippen molar-refractivity contribution < 1.29 is 0 Å². The van der Waals surface area contributed by atoms with Crippen LogP contribution >= 0.6 is 11.8 Å². The highest BCUT2D eigenvalue weighted by Gasteiger charge is 2.12. The van der Waals surface area contributed by atoms with Gasteiger partial charge in [-0.25, -0.2) is 0 Å². The summed E-state index contributed by atoms with van der Waals surface area (Å²) >= 11 is 1.76. The van der Waals surface area contributed by atoms with Gasteiger partial charge in [0.05, 0.1) is 12.5 Å². The van der Waals surface area contributed by atoms with Gasteiger partial charge in [-0.2, -0.15) is 5.26 Å². The van der Waals surface area contributed by atoms with Crippen molar-refractivity contribution in [3.05, 3.63) is 78.4 Å².